The number of nitrogens with one attached hydrogen (secondary N) is 1. The Kier molecular flexibility index (Phi) is 6.02. The quantitative estimate of drug-likeness (QED) is 0.505. The Morgan fingerprint density at radius 2 is 2.09 bits per heavy atom. The minimum Gasteiger partial charge on any atom is -0.480 e. The number of rotatable bonds is 8. The molecule has 1 heterocycles. The molecule has 1 aromatic heterocycles. The number of hydrogen-bond acceptors (Lipinski definition) is 6. The summed E-state index contributed by atoms with van der Waals surface area (Å²) in [5.74, 6) is -1.25. The van der Waals surface area contributed by atoms with Gasteiger partial charge in [0.05, 0.1) is 10.5 Å². The molecule has 0 unspecified atom stereocenters. The molecule has 2 aromatic carbocycles. The number of carboxylic acids is 1. The van der Waals surface area contributed by atoms with E-state index < -0.39 is 27.9 Å². The zero-order valence-corrected chi connectivity index (χ0v) is 18.5. The average molecular weight is 480 g/mol. The maximum Gasteiger partial charge on any atom is 0.322 e. The predicted molar refractivity (Wildman–Crippen MR) is 113 cm³/mol. The fraction of sp³-hybridized carbons (Fsp3) is 0.286. The zero-order valence-electron chi connectivity index (χ0n) is 16.9. The largest absolute Gasteiger partial charge is 0.480 e. The van der Waals surface area contributed by atoms with Crippen LogP contribution in [-0.4, -0.2) is 35.7 Å². The number of halogens is 2. The lowest BCUT2D eigenvalue weighted by molar-refractivity contribution is -0.138. The van der Waals surface area contributed by atoms with E-state index in [1.54, 1.807) is 0 Å². The van der Waals surface area contributed by atoms with Crippen molar-refractivity contribution in [3.05, 3.63) is 64.3 Å². The van der Waals surface area contributed by atoms with Gasteiger partial charge in [0.15, 0.2) is 0 Å². The summed E-state index contributed by atoms with van der Waals surface area (Å²) in [6.07, 6.45) is 1.65. The number of hydrogen-bond donors (Lipinski definition) is 2. The van der Waals surface area contributed by atoms with Crippen molar-refractivity contribution in [2.24, 2.45) is 0 Å². The Labute approximate surface area is 188 Å². The molecule has 0 spiro atoms. The third kappa shape index (κ3) is 4.67. The van der Waals surface area contributed by atoms with E-state index in [1.165, 1.54) is 37.3 Å². The van der Waals surface area contributed by atoms with Gasteiger partial charge in [0.1, 0.15) is 11.9 Å². The second-order valence-corrected chi connectivity index (χ2v) is 9.71. The number of sulfonamides is 1. The Bertz CT molecular complexity index is 1290. The van der Waals surface area contributed by atoms with Crippen molar-refractivity contribution in [1.82, 2.24) is 14.9 Å². The number of benzene rings is 2. The molecular formula is C21H19ClFN3O5S. The highest BCUT2D eigenvalue weighted by Gasteiger charge is 2.30. The molecule has 2 N–H and O–H groups in total. The van der Waals surface area contributed by atoms with Crippen LogP contribution in [0.3, 0.4) is 0 Å². The molecule has 1 saturated carbocycles. The molecule has 1 aliphatic carbocycles. The van der Waals surface area contributed by atoms with Crippen LogP contribution in [0.15, 0.2) is 45.8 Å². The van der Waals surface area contributed by atoms with E-state index >= 15 is 0 Å². The summed E-state index contributed by atoms with van der Waals surface area (Å²) in [5.41, 5.74) is 0.702. The summed E-state index contributed by atoms with van der Waals surface area (Å²) in [7, 11) is -4.18. The molecule has 0 radical (unpaired) electrons. The molecule has 0 bridgehead atoms. The summed E-state index contributed by atoms with van der Waals surface area (Å²) in [6, 6.07) is 6.86. The van der Waals surface area contributed by atoms with Gasteiger partial charge in [-0.3, -0.25) is 4.79 Å². The topological polar surface area (TPSA) is 122 Å². The molecule has 11 heteroatoms. The monoisotopic (exact) mass is 479 g/mol. The Balaban J connectivity index is 1.54. The average Bonchev–Trinajstić information content (AvgIpc) is 3.47. The highest BCUT2D eigenvalue weighted by Crippen LogP contribution is 2.39. The van der Waals surface area contributed by atoms with Gasteiger partial charge in [-0.05, 0) is 61.6 Å². The van der Waals surface area contributed by atoms with E-state index in [0.29, 0.717) is 11.5 Å². The number of carboxylic acid groups (broad SMARTS) is 1. The molecule has 168 valence electrons. The van der Waals surface area contributed by atoms with Gasteiger partial charge in [-0.1, -0.05) is 28.9 Å². The van der Waals surface area contributed by atoms with E-state index in [1.807, 2.05) is 0 Å². The molecule has 3 aromatic rings. The van der Waals surface area contributed by atoms with Crippen molar-refractivity contribution in [2.75, 3.05) is 0 Å². The highest BCUT2D eigenvalue weighted by molar-refractivity contribution is 7.89. The fourth-order valence-electron chi connectivity index (χ4n) is 3.25. The second-order valence-electron chi connectivity index (χ2n) is 7.62. The SMILES string of the molecule is Cc1c(Cl)cccc1S(=O)(=O)N[C@@H](Cc1ccc(-c2noc(C3CC3)n2)c(F)c1)C(=O)O. The molecule has 8 nitrogen and oxygen atoms in total. The predicted octanol–water partition coefficient (Wildman–Crippen LogP) is 3.69. The van der Waals surface area contributed by atoms with Gasteiger partial charge < -0.3 is 9.63 Å². The fourth-order valence-corrected chi connectivity index (χ4v) is 4.94. The van der Waals surface area contributed by atoms with Crippen LogP contribution in [0.2, 0.25) is 5.02 Å². The van der Waals surface area contributed by atoms with Crippen molar-refractivity contribution in [2.45, 2.75) is 43.0 Å². The van der Waals surface area contributed by atoms with Gasteiger partial charge in [0.2, 0.25) is 21.7 Å². The van der Waals surface area contributed by atoms with Crippen molar-refractivity contribution < 1.29 is 27.2 Å². The molecule has 1 aliphatic rings. The van der Waals surface area contributed by atoms with Crippen LogP contribution >= 0.6 is 11.6 Å². The summed E-state index contributed by atoms with van der Waals surface area (Å²) in [6.45, 7) is 1.52. The lowest BCUT2D eigenvalue weighted by Crippen LogP contribution is -2.42. The molecule has 0 amide bonds. The van der Waals surface area contributed by atoms with Gasteiger partial charge in [-0.15, -0.1) is 0 Å². The Morgan fingerprint density at radius 1 is 1.34 bits per heavy atom. The molecular weight excluding hydrogens is 461 g/mol. The van der Waals surface area contributed by atoms with Crippen molar-refractivity contribution >= 4 is 27.6 Å². The van der Waals surface area contributed by atoms with E-state index in [0.717, 1.165) is 18.9 Å². The first kappa shape index (κ1) is 22.4. The van der Waals surface area contributed by atoms with Crippen LogP contribution in [0, 0.1) is 12.7 Å². The minimum absolute atomic E-state index is 0.114. The summed E-state index contributed by atoms with van der Waals surface area (Å²) in [4.78, 5) is 15.8. The van der Waals surface area contributed by atoms with Crippen LogP contribution < -0.4 is 4.72 Å². The number of aliphatic carboxylic acids is 1. The molecule has 4 rings (SSSR count). The second kappa shape index (κ2) is 8.61. The third-order valence-corrected chi connectivity index (χ3v) is 7.21. The normalized spacial score (nSPS) is 15.0. The van der Waals surface area contributed by atoms with Crippen LogP contribution in [0.1, 0.15) is 35.8 Å². The highest BCUT2D eigenvalue weighted by atomic mass is 35.5. The van der Waals surface area contributed by atoms with E-state index in [4.69, 9.17) is 16.1 Å². The van der Waals surface area contributed by atoms with Gasteiger partial charge in [0, 0.05) is 10.9 Å². The molecule has 0 aliphatic heterocycles. The first-order valence-corrected chi connectivity index (χ1v) is 11.6. The summed E-state index contributed by atoms with van der Waals surface area (Å²) < 4.78 is 47.5. The van der Waals surface area contributed by atoms with Crippen LogP contribution in [0.4, 0.5) is 4.39 Å². The van der Waals surface area contributed by atoms with Crippen LogP contribution in [0.25, 0.3) is 11.4 Å². The molecule has 0 saturated heterocycles. The Hall–Kier alpha value is -2.82. The Morgan fingerprint density at radius 3 is 2.75 bits per heavy atom. The van der Waals surface area contributed by atoms with Crippen LogP contribution in [-0.2, 0) is 21.2 Å². The van der Waals surface area contributed by atoms with E-state index in [2.05, 4.69) is 14.9 Å². The third-order valence-electron chi connectivity index (χ3n) is 5.19. The van der Waals surface area contributed by atoms with Gasteiger partial charge in [-0.2, -0.15) is 9.71 Å². The van der Waals surface area contributed by atoms with Crippen LogP contribution in [0.5, 0.6) is 0 Å². The van der Waals surface area contributed by atoms with Gasteiger partial charge in [-0.25, -0.2) is 12.8 Å². The maximum atomic E-state index is 14.7. The van der Waals surface area contributed by atoms with Crippen molar-refractivity contribution in [1.29, 1.82) is 0 Å². The van der Waals surface area contributed by atoms with Gasteiger partial charge >= 0.3 is 5.97 Å². The smallest absolute Gasteiger partial charge is 0.322 e. The first-order chi connectivity index (χ1) is 15.2. The lowest BCUT2D eigenvalue weighted by atomic mass is 10.0. The van der Waals surface area contributed by atoms with Crippen molar-refractivity contribution in [3.63, 3.8) is 0 Å². The maximum absolute atomic E-state index is 14.7. The number of carbonyl (C=O) groups is 1. The molecule has 1 fully saturated rings. The van der Waals surface area contributed by atoms with E-state index in [9.17, 15) is 22.7 Å². The van der Waals surface area contributed by atoms with Crippen molar-refractivity contribution in [3.8, 4) is 11.4 Å². The zero-order chi connectivity index (χ0) is 23.0. The summed E-state index contributed by atoms with van der Waals surface area (Å²) in [5, 5.41) is 13.6. The number of nitrogens with zero attached hydrogens (tertiary/aromatic N) is 2. The van der Waals surface area contributed by atoms with E-state index in [-0.39, 0.29) is 39.2 Å². The summed E-state index contributed by atoms with van der Waals surface area (Å²) >= 11 is 5.99. The standard InChI is InChI=1S/C21H19ClFN3O5S/c1-11-15(22)3-2-4-18(11)32(29,30)26-17(21(27)28)10-12-5-8-14(16(23)9-12)19-24-20(31-25-19)13-6-7-13/h2-5,8-9,13,17,26H,6-7,10H2,1H3,(H,27,28)/t17-/m0/s1. The minimum atomic E-state index is -4.18. The van der Waals surface area contributed by atoms with Gasteiger partial charge in [0.25, 0.3) is 0 Å². The number of aromatic nitrogens is 2. The first-order valence-electron chi connectivity index (χ1n) is 9.78. The molecule has 1 atom stereocenters. The lowest BCUT2D eigenvalue weighted by Gasteiger charge is -2.16. The molecule has 32 heavy (non-hydrogen) atoms.